The quantitative estimate of drug-likeness (QED) is 0.705. The van der Waals surface area contributed by atoms with Crippen LogP contribution < -0.4 is 10.5 Å². The van der Waals surface area contributed by atoms with Crippen LogP contribution in [-0.4, -0.2) is 13.0 Å². The van der Waals surface area contributed by atoms with Gasteiger partial charge in [-0.1, -0.05) is 12.1 Å². The zero-order valence-corrected chi connectivity index (χ0v) is 7.36. The largest absolute Gasteiger partial charge is 0.497 e. The number of rotatable bonds is 3. The summed E-state index contributed by atoms with van der Waals surface area (Å²) in [5, 5.41) is 0. The summed E-state index contributed by atoms with van der Waals surface area (Å²) >= 11 is 0. The molecule has 3 heteroatoms. The number of nitrogens with two attached hydrogens (primary N) is 1. The molecule has 0 saturated heterocycles. The number of ether oxygens (including phenoxy) is 1. The molecule has 13 heavy (non-hydrogen) atoms. The Balaban J connectivity index is 2.75. The van der Waals surface area contributed by atoms with Gasteiger partial charge in [-0.2, -0.15) is 0 Å². The van der Waals surface area contributed by atoms with Crippen molar-refractivity contribution in [2.75, 3.05) is 7.11 Å². The first-order chi connectivity index (χ1) is 6.22. The Morgan fingerprint density at radius 3 is 2.46 bits per heavy atom. The lowest BCUT2D eigenvalue weighted by Gasteiger charge is -1.98. The lowest BCUT2D eigenvalue weighted by molar-refractivity contribution is -0.113. The monoisotopic (exact) mass is 177 g/mol. The zero-order valence-electron chi connectivity index (χ0n) is 7.36. The molecule has 0 unspecified atom stereocenters. The number of carbonyl (C=O) groups excluding carboxylic acids is 1. The Hall–Kier alpha value is -1.77. The summed E-state index contributed by atoms with van der Waals surface area (Å²) in [7, 11) is 1.61. The highest BCUT2D eigenvalue weighted by molar-refractivity contribution is 5.90. The van der Waals surface area contributed by atoms with E-state index in [9.17, 15) is 4.79 Å². The Bertz CT molecular complexity index is 314. The Labute approximate surface area is 76.8 Å². The van der Waals surface area contributed by atoms with Crippen molar-refractivity contribution in [1.29, 1.82) is 0 Å². The first kappa shape index (κ1) is 9.32. The van der Waals surface area contributed by atoms with E-state index in [1.54, 1.807) is 13.2 Å². The molecule has 68 valence electrons. The van der Waals surface area contributed by atoms with Gasteiger partial charge < -0.3 is 10.5 Å². The standard InChI is InChI=1S/C10H11NO2/c1-13-9-5-2-8(3-6-9)4-7-10(11)12/h2-7H,1H3,(H2,11,12)/b7-4+. The fourth-order valence-electron chi connectivity index (χ4n) is 0.893. The molecule has 1 amide bonds. The van der Waals surface area contributed by atoms with Gasteiger partial charge in [0.1, 0.15) is 5.75 Å². The third kappa shape index (κ3) is 2.99. The first-order valence-corrected chi connectivity index (χ1v) is 3.84. The van der Waals surface area contributed by atoms with E-state index in [1.807, 2.05) is 24.3 Å². The van der Waals surface area contributed by atoms with Gasteiger partial charge in [-0.3, -0.25) is 4.79 Å². The molecule has 0 aromatic heterocycles. The molecule has 0 aliphatic rings. The van der Waals surface area contributed by atoms with E-state index in [4.69, 9.17) is 10.5 Å². The highest BCUT2D eigenvalue weighted by Crippen LogP contribution is 2.11. The molecule has 0 saturated carbocycles. The predicted molar refractivity (Wildman–Crippen MR) is 51.2 cm³/mol. The van der Waals surface area contributed by atoms with Gasteiger partial charge in [0.2, 0.25) is 5.91 Å². The van der Waals surface area contributed by atoms with Crippen molar-refractivity contribution >= 4 is 12.0 Å². The third-order valence-electron chi connectivity index (χ3n) is 1.56. The van der Waals surface area contributed by atoms with E-state index in [1.165, 1.54) is 6.08 Å². The van der Waals surface area contributed by atoms with E-state index in [0.717, 1.165) is 11.3 Å². The van der Waals surface area contributed by atoms with E-state index in [0.29, 0.717) is 0 Å². The van der Waals surface area contributed by atoms with E-state index >= 15 is 0 Å². The smallest absolute Gasteiger partial charge is 0.241 e. The molecule has 0 heterocycles. The maximum absolute atomic E-state index is 10.4. The first-order valence-electron chi connectivity index (χ1n) is 3.84. The second-order valence-electron chi connectivity index (χ2n) is 2.51. The number of amides is 1. The third-order valence-corrected chi connectivity index (χ3v) is 1.56. The highest BCUT2D eigenvalue weighted by atomic mass is 16.5. The van der Waals surface area contributed by atoms with Crippen LogP contribution >= 0.6 is 0 Å². The van der Waals surface area contributed by atoms with Crippen molar-refractivity contribution in [2.45, 2.75) is 0 Å². The van der Waals surface area contributed by atoms with Gasteiger partial charge in [0.25, 0.3) is 0 Å². The van der Waals surface area contributed by atoms with Crippen molar-refractivity contribution in [3.8, 4) is 5.75 Å². The van der Waals surface area contributed by atoms with E-state index < -0.39 is 5.91 Å². The SMILES string of the molecule is COc1ccc(/C=C/C(N)=O)cc1. The molecule has 1 rings (SSSR count). The Morgan fingerprint density at radius 2 is 2.00 bits per heavy atom. The van der Waals surface area contributed by atoms with Gasteiger partial charge >= 0.3 is 0 Å². The van der Waals surface area contributed by atoms with Crippen LogP contribution in [0.1, 0.15) is 5.56 Å². The summed E-state index contributed by atoms with van der Waals surface area (Å²) in [6.45, 7) is 0. The van der Waals surface area contributed by atoms with Crippen molar-refractivity contribution in [2.24, 2.45) is 5.73 Å². The minimum atomic E-state index is -0.448. The minimum absolute atomic E-state index is 0.448. The molecule has 0 spiro atoms. The normalized spacial score (nSPS) is 10.2. The lowest BCUT2D eigenvalue weighted by atomic mass is 10.2. The van der Waals surface area contributed by atoms with Crippen LogP contribution in [0.4, 0.5) is 0 Å². The maximum atomic E-state index is 10.4. The predicted octanol–water partition coefficient (Wildman–Crippen LogP) is 1.19. The topological polar surface area (TPSA) is 52.3 Å². The molecule has 0 bridgehead atoms. The lowest BCUT2D eigenvalue weighted by Crippen LogP contribution is -2.04. The molecule has 0 atom stereocenters. The molecule has 2 N–H and O–H groups in total. The van der Waals surface area contributed by atoms with Crippen molar-refractivity contribution < 1.29 is 9.53 Å². The van der Waals surface area contributed by atoms with Crippen LogP contribution in [0.5, 0.6) is 5.75 Å². The summed E-state index contributed by atoms with van der Waals surface area (Å²) in [5.74, 6) is 0.340. The van der Waals surface area contributed by atoms with Gasteiger partial charge in [-0.25, -0.2) is 0 Å². The van der Waals surface area contributed by atoms with E-state index in [2.05, 4.69) is 0 Å². The second kappa shape index (κ2) is 4.30. The summed E-state index contributed by atoms with van der Waals surface area (Å²) in [6, 6.07) is 7.33. The van der Waals surface area contributed by atoms with Crippen molar-refractivity contribution in [3.05, 3.63) is 35.9 Å². The molecule has 0 radical (unpaired) electrons. The summed E-state index contributed by atoms with van der Waals surface area (Å²) in [5.41, 5.74) is 5.86. The zero-order chi connectivity index (χ0) is 9.68. The maximum Gasteiger partial charge on any atom is 0.241 e. The van der Waals surface area contributed by atoms with Gasteiger partial charge in [0, 0.05) is 6.08 Å². The van der Waals surface area contributed by atoms with Crippen molar-refractivity contribution in [3.63, 3.8) is 0 Å². The summed E-state index contributed by atoms with van der Waals surface area (Å²) in [6.07, 6.45) is 2.98. The highest BCUT2D eigenvalue weighted by Gasteiger charge is 1.90. The van der Waals surface area contributed by atoms with Gasteiger partial charge in [-0.05, 0) is 23.8 Å². The fourth-order valence-corrected chi connectivity index (χ4v) is 0.893. The molecule has 1 aromatic rings. The Kier molecular flexibility index (Phi) is 3.09. The Morgan fingerprint density at radius 1 is 1.38 bits per heavy atom. The van der Waals surface area contributed by atoms with Gasteiger partial charge in [0.05, 0.1) is 7.11 Å². The molecule has 0 aliphatic heterocycles. The van der Waals surface area contributed by atoms with Crippen LogP contribution in [-0.2, 0) is 4.79 Å². The number of methoxy groups -OCH3 is 1. The van der Waals surface area contributed by atoms with E-state index in [-0.39, 0.29) is 0 Å². The number of benzene rings is 1. The molecule has 0 aliphatic carbocycles. The van der Waals surface area contributed by atoms with Crippen LogP contribution in [0.15, 0.2) is 30.3 Å². The van der Waals surface area contributed by atoms with Gasteiger partial charge in [-0.15, -0.1) is 0 Å². The molecular weight excluding hydrogens is 166 g/mol. The number of hydrogen-bond donors (Lipinski definition) is 1. The average Bonchev–Trinajstić information content (AvgIpc) is 2.15. The molecule has 0 fully saturated rings. The number of primary amides is 1. The molecular formula is C10H11NO2. The molecule has 3 nitrogen and oxygen atoms in total. The van der Waals surface area contributed by atoms with Crippen LogP contribution in [0, 0.1) is 0 Å². The van der Waals surface area contributed by atoms with Crippen molar-refractivity contribution in [1.82, 2.24) is 0 Å². The number of hydrogen-bond acceptors (Lipinski definition) is 2. The molecule has 1 aromatic carbocycles. The summed E-state index contributed by atoms with van der Waals surface area (Å²) in [4.78, 5) is 10.4. The van der Waals surface area contributed by atoms with Crippen LogP contribution in [0.3, 0.4) is 0 Å². The number of carbonyl (C=O) groups is 1. The average molecular weight is 177 g/mol. The van der Waals surface area contributed by atoms with Gasteiger partial charge in [0.15, 0.2) is 0 Å². The minimum Gasteiger partial charge on any atom is -0.497 e. The second-order valence-corrected chi connectivity index (χ2v) is 2.51. The van der Waals surface area contributed by atoms with Crippen LogP contribution in [0.25, 0.3) is 6.08 Å². The van der Waals surface area contributed by atoms with Crippen LogP contribution in [0.2, 0.25) is 0 Å². The summed E-state index contributed by atoms with van der Waals surface area (Å²) < 4.78 is 4.98. The fraction of sp³-hybridized carbons (Fsp3) is 0.100.